The van der Waals surface area contributed by atoms with E-state index in [1.54, 1.807) is 0 Å². The highest BCUT2D eigenvalue weighted by Gasteiger charge is 2.30. The fraction of sp³-hybridized carbons (Fsp3) is 0.652. The van der Waals surface area contributed by atoms with Crippen LogP contribution < -0.4 is 10.6 Å². The SMILES string of the molecule is CC(=O)N[C@H](Cc1ccccc1)[C@@H](CN[C@@H](CC(C)C)C(=O)O)OC1CCCCO1. The van der Waals surface area contributed by atoms with Crippen molar-refractivity contribution in [2.24, 2.45) is 5.92 Å². The summed E-state index contributed by atoms with van der Waals surface area (Å²) >= 11 is 0. The van der Waals surface area contributed by atoms with Crippen LogP contribution in [0.3, 0.4) is 0 Å². The smallest absolute Gasteiger partial charge is 0.320 e. The Labute approximate surface area is 179 Å². The van der Waals surface area contributed by atoms with Crippen molar-refractivity contribution in [2.45, 2.75) is 77.4 Å². The van der Waals surface area contributed by atoms with Crippen LogP contribution in [0.5, 0.6) is 0 Å². The van der Waals surface area contributed by atoms with Crippen molar-refractivity contribution >= 4 is 11.9 Å². The van der Waals surface area contributed by atoms with Crippen LogP contribution in [0.25, 0.3) is 0 Å². The third-order valence-electron chi connectivity index (χ3n) is 5.17. The summed E-state index contributed by atoms with van der Waals surface area (Å²) in [6.07, 6.45) is 3.17. The van der Waals surface area contributed by atoms with E-state index in [0.29, 0.717) is 26.0 Å². The molecule has 7 heteroatoms. The fourth-order valence-corrected chi connectivity index (χ4v) is 3.70. The molecule has 30 heavy (non-hydrogen) atoms. The van der Waals surface area contributed by atoms with E-state index in [1.807, 2.05) is 44.2 Å². The molecule has 1 saturated heterocycles. The van der Waals surface area contributed by atoms with Gasteiger partial charge < -0.3 is 25.2 Å². The lowest BCUT2D eigenvalue weighted by Crippen LogP contribution is -2.53. The Morgan fingerprint density at radius 2 is 1.97 bits per heavy atom. The molecular formula is C23H36N2O5. The number of carboxylic acids is 1. The lowest BCUT2D eigenvalue weighted by atomic mass is 9.99. The number of nitrogens with one attached hydrogen (secondary N) is 2. The van der Waals surface area contributed by atoms with Gasteiger partial charge in [0.1, 0.15) is 6.04 Å². The van der Waals surface area contributed by atoms with Gasteiger partial charge in [-0.1, -0.05) is 44.2 Å². The Hall–Kier alpha value is -1.96. The molecule has 0 aromatic heterocycles. The Morgan fingerprint density at radius 1 is 1.23 bits per heavy atom. The van der Waals surface area contributed by atoms with Gasteiger partial charge in [0.2, 0.25) is 5.91 Å². The van der Waals surface area contributed by atoms with Gasteiger partial charge in [-0.3, -0.25) is 9.59 Å². The lowest BCUT2D eigenvalue weighted by Gasteiger charge is -2.34. The number of rotatable bonds is 12. The minimum Gasteiger partial charge on any atom is -0.480 e. The van der Waals surface area contributed by atoms with Crippen LogP contribution in [0, 0.1) is 5.92 Å². The first-order valence-corrected chi connectivity index (χ1v) is 10.9. The van der Waals surface area contributed by atoms with Gasteiger partial charge in [0.05, 0.1) is 12.1 Å². The number of aliphatic carboxylic acids is 1. The van der Waals surface area contributed by atoms with Crippen molar-refractivity contribution in [3.63, 3.8) is 0 Å². The third-order valence-corrected chi connectivity index (χ3v) is 5.17. The molecule has 0 spiro atoms. The molecule has 0 radical (unpaired) electrons. The lowest BCUT2D eigenvalue weighted by molar-refractivity contribution is -0.193. The third kappa shape index (κ3) is 8.81. The average molecular weight is 421 g/mol. The van der Waals surface area contributed by atoms with Crippen molar-refractivity contribution < 1.29 is 24.2 Å². The molecule has 4 atom stereocenters. The second kappa shape index (κ2) is 12.7. The predicted molar refractivity (Wildman–Crippen MR) is 115 cm³/mol. The normalized spacial score (nSPS) is 19.8. The van der Waals surface area contributed by atoms with Gasteiger partial charge in [-0.15, -0.1) is 0 Å². The predicted octanol–water partition coefficient (Wildman–Crippen LogP) is 2.73. The Kier molecular flexibility index (Phi) is 10.3. The molecular weight excluding hydrogens is 384 g/mol. The van der Waals surface area contributed by atoms with Crippen LogP contribution in [0.2, 0.25) is 0 Å². The molecule has 168 valence electrons. The number of benzene rings is 1. The maximum absolute atomic E-state index is 11.9. The first-order chi connectivity index (χ1) is 14.3. The Balaban J connectivity index is 2.16. The van der Waals surface area contributed by atoms with E-state index in [0.717, 1.165) is 24.8 Å². The zero-order chi connectivity index (χ0) is 21.9. The average Bonchev–Trinajstić information content (AvgIpc) is 2.70. The number of amides is 1. The minimum absolute atomic E-state index is 0.147. The molecule has 7 nitrogen and oxygen atoms in total. The van der Waals surface area contributed by atoms with Crippen molar-refractivity contribution in [1.82, 2.24) is 10.6 Å². The largest absolute Gasteiger partial charge is 0.480 e. The van der Waals surface area contributed by atoms with Crippen LogP contribution >= 0.6 is 0 Å². The second-order valence-corrected chi connectivity index (χ2v) is 8.40. The molecule has 1 fully saturated rings. The van der Waals surface area contributed by atoms with Gasteiger partial charge >= 0.3 is 5.97 Å². The molecule has 1 unspecified atom stereocenters. The molecule has 3 N–H and O–H groups in total. The molecule has 0 bridgehead atoms. The van der Waals surface area contributed by atoms with Crippen LogP contribution in [0.15, 0.2) is 30.3 Å². The van der Waals surface area contributed by atoms with Crippen molar-refractivity contribution in [1.29, 1.82) is 0 Å². The van der Waals surface area contributed by atoms with Crippen LogP contribution in [0.1, 0.15) is 52.0 Å². The van der Waals surface area contributed by atoms with Crippen molar-refractivity contribution in [3.8, 4) is 0 Å². The van der Waals surface area contributed by atoms with E-state index in [-0.39, 0.29) is 24.2 Å². The number of hydrogen-bond acceptors (Lipinski definition) is 5. The van der Waals surface area contributed by atoms with E-state index in [1.165, 1.54) is 6.92 Å². The molecule has 1 amide bonds. The molecule has 1 aromatic rings. The van der Waals surface area contributed by atoms with Gasteiger partial charge in [0.15, 0.2) is 6.29 Å². The van der Waals surface area contributed by atoms with Crippen molar-refractivity contribution in [3.05, 3.63) is 35.9 Å². The molecule has 1 aliphatic rings. The molecule has 1 heterocycles. The van der Waals surface area contributed by atoms with Gasteiger partial charge in [0, 0.05) is 20.1 Å². The van der Waals surface area contributed by atoms with Gasteiger partial charge in [-0.25, -0.2) is 0 Å². The topological polar surface area (TPSA) is 96.9 Å². The van der Waals surface area contributed by atoms with E-state index >= 15 is 0 Å². The van der Waals surface area contributed by atoms with Gasteiger partial charge in [-0.05, 0) is 43.6 Å². The fourth-order valence-electron chi connectivity index (χ4n) is 3.70. The number of carbonyl (C=O) groups excluding carboxylic acids is 1. The number of carbonyl (C=O) groups is 2. The van der Waals surface area contributed by atoms with Crippen LogP contribution in [0.4, 0.5) is 0 Å². The summed E-state index contributed by atoms with van der Waals surface area (Å²) in [6.45, 7) is 6.44. The van der Waals surface area contributed by atoms with E-state index in [4.69, 9.17) is 9.47 Å². The van der Waals surface area contributed by atoms with E-state index in [2.05, 4.69) is 10.6 Å². The van der Waals surface area contributed by atoms with Crippen molar-refractivity contribution in [2.75, 3.05) is 13.2 Å². The van der Waals surface area contributed by atoms with Gasteiger partial charge in [-0.2, -0.15) is 0 Å². The number of hydrogen-bond donors (Lipinski definition) is 3. The first kappa shape index (κ1) is 24.3. The highest BCUT2D eigenvalue weighted by atomic mass is 16.7. The Morgan fingerprint density at radius 3 is 2.53 bits per heavy atom. The Bertz CT molecular complexity index is 646. The maximum Gasteiger partial charge on any atom is 0.320 e. The summed E-state index contributed by atoms with van der Waals surface area (Å²) in [7, 11) is 0. The van der Waals surface area contributed by atoms with Gasteiger partial charge in [0.25, 0.3) is 0 Å². The summed E-state index contributed by atoms with van der Waals surface area (Å²) < 4.78 is 12.0. The maximum atomic E-state index is 11.9. The molecule has 1 aromatic carbocycles. The molecule has 1 aliphatic heterocycles. The highest BCUT2D eigenvalue weighted by molar-refractivity contribution is 5.73. The van der Waals surface area contributed by atoms with E-state index in [9.17, 15) is 14.7 Å². The minimum atomic E-state index is -0.879. The standard InChI is InChI=1S/C23H36N2O5/c1-16(2)13-20(23(27)28)24-15-21(30-22-11-7-8-12-29-22)19(25-17(3)26)14-18-9-5-4-6-10-18/h4-6,9-10,16,19-22,24H,7-8,11-15H2,1-3H3,(H,25,26)(H,27,28)/t19-,20+,21-,22?/m1/s1. The monoisotopic (exact) mass is 420 g/mol. The summed E-state index contributed by atoms with van der Waals surface area (Å²) in [4.78, 5) is 23.6. The number of carboxylic acid groups (broad SMARTS) is 1. The summed E-state index contributed by atoms with van der Waals surface area (Å²) in [6, 6.07) is 8.91. The van der Waals surface area contributed by atoms with Crippen LogP contribution in [-0.4, -0.2) is 54.6 Å². The first-order valence-electron chi connectivity index (χ1n) is 10.9. The summed E-state index contributed by atoms with van der Waals surface area (Å²) in [5.41, 5.74) is 1.08. The molecule has 0 saturated carbocycles. The van der Waals surface area contributed by atoms with Crippen LogP contribution in [-0.2, 0) is 25.5 Å². The second-order valence-electron chi connectivity index (χ2n) is 8.40. The summed E-state index contributed by atoms with van der Waals surface area (Å²) in [5, 5.41) is 15.7. The quantitative estimate of drug-likeness (QED) is 0.481. The zero-order valence-corrected chi connectivity index (χ0v) is 18.3. The molecule has 2 rings (SSSR count). The summed E-state index contributed by atoms with van der Waals surface area (Å²) in [5.74, 6) is -0.781. The molecule has 0 aliphatic carbocycles. The zero-order valence-electron chi connectivity index (χ0n) is 18.3. The van der Waals surface area contributed by atoms with E-state index < -0.39 is 18.1 Å². The highest BCUT2D eigenvalue weighted by Crippen LogP contribution is 2.19. The number of ether oxygens (including phenoxy) is 2.